The number of hydrogen-bond acceptors (Lipinski definition) is 0. The van der Waals surface area contributed by atoms with Gasteiger partial charge in [-0.15, -0.1) is 0 Å². The van der Waals surface area contributed by atoms with Crippen LogP contribution in [0.15, 0.2) is 36.7 Å². The van der Waals surface area contributed by atoms with E-state index in [-0.39, 0.29) is 12.4 Å². The summed E-state index contributed by atoms with van der Waals surface area (Å²) >= 11 is 0. The first kappa shape index (κ1) is 41.2. The molecule has 1 rings (SSSR count). The average Bonchev–Trinajstić information content (AvgIpc) is 2.99. The van der Waals surface area contributed by atoms with E-state index in [4.69, 9.17) is 0 Å². The fraction of sp³-hybridized carbons (Fsp3) is 0.825. The van der Waals surface area contributed by atoms with Gasteiger partial charge in [-0.05, 0) is 51.0 Å². The van der Waals surface area contributed by atoms with Gasteiger partial charge in [-0.3, -0.25) is 0 Å². The highest BCUT2D eigenvalue weighted by molar-refractivity contribution is 5.05. The first-order valence-electron chi connectivity index (χ1n) is 19.0. The Morgan fingerprint density at radius 1 is 0.476 bits per heavy atom. The number of halogens is 1. The number of nitrogens with zero attached hydrogens (tertiary/aromatic N) is 1. The van der Waals surface area contributed by atoms with Crippen LogP contribution in [0.4, 0.5) is 0 Å². The van der Waals surface area contributed by atoms with Gasteiger partial charge in [0.15, 0.2) is 12.4 Å². The van der Waals surface area contributed by atoms with Crippen molar-refractivity contribution in [3.63, 3.8) is 0 Å². The van der Waals surface area contributed by atoms with Crippen molar-refractivity contribution in [2.24, 2.45) is 0 Å². The Bertz CT molecular complexity index is 669. The molecule has 1 heterocycles. The maximum Gasteiger partial charge on any atom is 0.171 e. The monoisotopic (exact) mass is 604 g/mol. The summed E-state index contributed by atoms with van der Waals surface area (Å²) in [5.41, 5.74) is 1.53. The lowest BCUT2D eigenvalue weighted by Gasteiger charge is -2.04. The van der Waals surface area contributed by atoms with Gasteiger partial charge >= 0.3 is 0 Å². The molecule has 1 nitrogen and oxygen atoms in total. The minimum absolute atomic E-state index is 0. The first-order valence-corrected chi connectivity index (χ1v) is 19.0. The van der Waals surface area contributed by atoms with Crippen LogP contribution in [0.25, 0.3) is 0 Å². The van der Waals surface area contributed by atoms with Gasteiger partial charge in [0.1, 0.15) is 6.54 Å². The Morgan fingerprint density at radius 2 is 0.857 bits per heavy atom. The van der Waals surface area contributed by atoms with Crippen molar-refractivity contribution < 1.29 is 17.0 Å². The van der Waals surface area contributed by atoms with E-state index in [9.17, 15) is 0 Å². The molecule has 246 valence electrons. The third kappa shape index (κ3) is 29.3. The number of allylic oxidation sites excluding steroid dienone is 2. The van der Waals surface area contributed by atoms with Crippen LogP contribution in [-0.4, -0.2) is 0 Å². The van der Waals surface area contributed by atoms with Crippen LogP contribution in [0.5, 0.6) is 0 Å². The molecule has 0 radical (unpaired) electrons. The lowest BCUT2D eigenvalue weighted by Crippen LogP contribution is -3.00. The Labute approximate surface area is 271 Å². The molecule has 0 fully saturated rings. The molecule has 0 saturated heterocycles. The first-order chi connectivity index (χ1) is 20.4. The van der Waals surface area contributed by atoms with Crippen LogP contribution in [-0.2, 0) is 13.0 Å². The van der Waals surface area contributed by atoms with Crippen molar-refractivity contribution in [2.45, 2.75) is 213 Å². The fourth-order valence-corrected chi connectivity index (χ4v) is 6.11. The summed E-state index contributed by atoms with van der Waals surface area (Å²) < 4.78 is 2.44. The Balaban J connectivity index is 0.0000168. The molecule has 42 heavy (non-hydrogen) atoms. The largest absolute Gasteiger partial charge is 1.00 e. The number of pyridine rings is 1. The van der Waals surface area contributed by atoms with E-state index in [2.05, 4.69) is 55.1 Å². The third-order valence-corrected chi connectivity index (χ3v) is 8.92. The second-order valence-electron chi connectivity index (χ2n) is 13.1. The summed E-state index contributed by atoms with van der Waals surface area (Å²) in [5.74, 6) is 0. The minimum atomic E-state index is 0. The summed E-state index contributed by atoms with van der Waals surface area (Å²) in [6.07, 6.45) is 51.8. The maximum absolute atomic E-state index is 2.44. The van der Waals surface area contributed by atoms with Crippen molar-refractivity contribution in [1.29, 1.82) is 0 Å². The molecule has 1 aromatic rings. The molecule has 0 N–H and O–H groups in total. The number of aryl methyl sites for hydroxylation is 2. The van der Waals surface area contributed by atoms with Crippen molar-refractivity contribution in [1.82, 2.24) is 0 Å². The maximum atomic E-state index is 2.44. The van der Waals surface area contributed by atoms with Gasteiger partial charge in [-0.1, -0.05) is 167 Å². The van der Waals surface area contributed by atoms with Gasteiger partial charge in [0.25, 0.3) is 0 Å². The van der Waals surface area contributed by atoms with E-state index in [0.717, 1.165) is 0 Å². The quantitative estimate of drug-likeness (QED) is 0.0438. The molecular weight excluding hydrogens is 530 g/mol. The number of rotatable bonds is 32. The summed E-state index contributed by atoms with van der Waals surface area (Å²) in [5, 5.41) is 0. The lowest BCUT2D eigenvalue weighted by molar-refractivity contribution is -0.697. The molecule has 0 aliphatic heterocycles. The van der Waals surface area contributed by atoms with Gasteiger partial charge in [0, 0.05) is 18.1 Å². The van der Waals surface area contributed by atoms with Crippen LogP contribution in [0.3, 0.4) is 0 Å². The van der Waals surface area contributed by atoms with Crippen molar-refractivity contribution in [3.05, 3.63) is 42.2 Å². The van der Waals surface area contributed by atoms with E-state index in [1.807, 2.05) is 0 Å². The summed E-state index contributed by atoms with van der Waals surface area (Å²) in [6.45, 7) is 5.79. The third-order valence-electron chi connectivity index (χ3n) is 8.92. The molecule has 0 aliphatic carbocycles. The Hall–Kier alpha value is -0.820. The van der Waals surface area contributed by atoms with Crippen molar-refractivity contribution >= 4 is 0 Å². The standard InChI is InChI=1S/C40H74N.ClH/c1-3-5-7-9-11-13-15-17-19-21-23-25-27-29-31-33-37-41-38-34-36-40(39-41)35-32-30-28-26-24-22-20-18-16-14-12-10-8-6-4-2;/h17,19,34,36,38-39H,3-16,18,20-33,35,37H2,1-2H3;1H/q+1;/p-1/b19-17-;. The zero-order valence-corrected chi connectivity index (χ0v) is 29.5. The van der Waals surface area contributed by atoms with Crippen LogP contribution >= 0.6 is 0 Å². The van der Waals surface area contributed by atoms with E-state index >= 15 is 0 Å². The van der Waals surface area contributed by atoms with Crippen LogP contribution in [0.2, 0.25) is 0 Å². The van der Waals surface area contributed by atoms with Crippen LogP contribution in [0, 0.1) is 0 Å². The molecule has 0 bridgehead atoms. The summed E-state index contributed by atoms with van der Waals surface area (Å²) in [4.78, 5) is 0. The fourth-order valence-electron chi connectivity index (χ4n) is 6.11. The smallest absolute Gasteiger partial charge is 0.171 e. The van der Waals surface area contributed by atoms with Gasteiger partial charge in [-0.25, -0.2) is 4.57 Å². The highest BCUT2D eigenvalue weighted by atomic mass is 35.5. The summed E-state index contributed by atoms with van der Waals surface area (Å²) in [6, 6.07) is 4.60. The highest BCUT2D eigenvalue weighted by Crippen LogP contribution is 2.14. The van der Waals surface area contributed by atoms with Gasteiger partial charge in [0.2, 0.25) is 0 Å². The zero-order chi connectivity index (χ0) is 29.3. The minimum Gasteiger partial charge on any atom is -1.00 e. The zero-order valence-electron chi connectivity index (χ0n) is 28.7. The highest BCUT2D eigenvalue weighted by Gasteiger charge is 2.03. The van der Waals surface area contributed by atoms with Gasteiger partial charge < -0.3 is 12.4 Å². The van der Waals surface area contributed by atoms with Gasteiger partial charge in [-0.2, -0.15) is 0 Å². The molecule has 0 aliphatic rings. The molecule has 0 spiro atoms. The number of hydrogen-bond donors (Lipinski definition) is 0. The van der Waals surface area contributed by atoms with E-state index in [0.29, 0.717) is 0 Å². The molecule has 0 amide bonds. The predicted octanol–water partition coefficient (Wildman–Crippen LogP) is 10.4. The summed E-state index contributed by atoms with van der Waals surface area (Å²) in [7, 11) is 0. The number of unbranched alkanes of at least 4 members (excludes halogenated alkanes) is 26. The molecule has 0 atom stereocenters. The molecule has 2 heteroatoms. The van der Waals surface area contributed by atoms with E-state index in [1.54, 1.807) is 0 Å². The Morgan fingerprint density at radius 3 is 1.31 bits per heavy atom. The van der Waals surface area contributed by atoms with Crippen molar-refractivity contribution in [2.75, 3.05) is 0 Å². The van der Waals surface area contributed by atoms with Crippen LogP contribution in [0.1, 0.15) is 206 Å². The molecule has 1 aromatic heterocycles. The lowest BCUT2D eigenvalue weighted by atomic mass is 10.0. The van der Waals surface area contributed by atoms with Crippen LogP contribution < -0.4 is 17.0 Å². The van der Waals surface area contributed by atoms with E-state index in [1.165, 1.54) is 205 Å². The molecule has 0 aromatic carbocycles. The second kappa shape index (κ2) is 34.7. The van der Waals surface area contributed by atoms with E-state index < -0.39 is 0 Å². The Kier molecular flexibility index (Phi) is 34.0. The SMILES string of the molecule is CCCCCCCC/C=C\CCCCCCCC[n+]1cccc(CCCCCCCCCCCCCCCCC)c1.[Cl-]. The molecule has 0 saturated carbocycles. The van der Waals surface area contributed by atoms with Crippen molar-refractivity contribution in [3.8, 4) is 0 Å². The molecule has 0 unspecified atom stereocenters. The second-order valence-corrected chi connectivity index (χ2v) is 13.1. The normalized spacial score (nSPS) is 11.4. The topological polar surface area (TPSA) is 3.88 Å². The predicted molar refractivity (Wildman–Crippen MR) is 185 cm³/mol. The average molecular weight is 604 g/mol. The number of aromatic nitrogens is 1. The molecular formula is C40H74ClN. The van der Waals surface area contributed by atoms with Gasteiger partial charge in [0.05, 0.1) is 0 Å².